The summed E-state index contributed by atoms with van der Waals surface area (Å²) >= 11 is 0. The number of halogens is 3. The third kappa shape index (κ3) is 6.38. The maximum Gasteiger partial charge on any atom is 0.416 e. The summed E-state index contributed by atoms with van der Waals surface area (Å²) in [7, 11) is 5.84. The maximum atomic E-state index is 13.3. The Morgan fingerprint density at radius 1 is 0.903 bits per heavy atom. The minimum absolute atomic E-state index is 0.150. The number of rotatable bonds is 9. The minimum atomic E-state index is -4.37. The van der Waals surface area contributed by atoms with Gasteiger partial charge in [-0.3, -0.25) is 4.90 Å². The van der Waals surface area contributed by atoms with E-state index in [2.05, 4.69) is 20.2 Å². The fraction of sp³-hybridized carbons (Fsp3) is 0.391. The molecule has 0 radical (unpaired) electrons. The van der Waals surface area contributed by atoms with Crippen LogP contribution < -0.4 is 5.32 Å². The molecule has 0 aliphatic heterocycles. The molecule has 0 unspecified atom stereocenters. The molecule has 1 aromatic heterocycles. The highest BCUT2D eigenvalue weighted by atomic mass is 19.4. The average molecular weight is 432 g/mol. The Hall–Kier alpha value is -2.71. The largest absolute Gasteiger partial charge is 0.416 e. The van der Waals surface area contributed by atoms with Crippen LogP contribution in [0.4, 0.5) is 19.0 Å². The van der Waals surface area contributed by atoms with Gasteiger partial charge < -0.3 is 10.2 Å². The molecule has 1 heterocycles. The Labute approximate surface area is 180 Å². The van der Waals surface area contributed by atoms with Crippen LogP contribution in [0.15, 0.2) is 48.5 Å². The first-order valence-corrected chi connectivity index (χ1v) is 10.2. The summed E-state index contributed by atoms with van der Waals surface area (Å²) in [6, 6.07) is 13.4. The zero-order valence-corrected chi connectivity index (χ0v) is 18.1. The van der Waals surface area contributed by atoms with Gasteiger partial charge in [0, 0.05) is 18.5 Å². The lowest BCUT2D eigenvalue weighted by Gasteiger charge is -2.20. The van der Waals surface area contributed by atoms with Gasteiger partial charge >= 0.3 is 6.18 Å². The van der Waals surface area contributed by atoms with Gasteiger partial charge in [0.15, 0.2) is 0 Å². The maximum absolute atomic E-state index is 13.3. The average Bonchev–Trinajstić information content (AvgIpc) is 2.70. The number of aromatic nitrogens is 2. The van der Waals surface area contributed by atoms with Crippen molar-refractivity contribution in [1.29, 1.82) is 0 Å². The normalized spacial score (nSPS) is 12.1. The van der Waals surface area contributed by atoms with E-state index < -0.39 is 11.7 Å². The molecular weight excluding hydrogens is 403 g/mol. The van der Waals surface area contributed by atoms with E-state index in [0.717, 1.165) is 42.3 Å². The molecule has 8 heteroatoms. The number of alkyl halides is 3. The fourth-order valence-corrected chi connectivity index (χ4v) is 3.46. The fourth-order valence-electron chi connectivity index (χ4n) is 3.46. The molecule has 0 saturated carbocycles. The summed E-state index contributed by atoms with van der Waals surface area (Å²) in [5, 5.41) is 4.32. The van der Waals surface area contributed by atoms with Gasteiger partial charge in [0.25, 0.3) is 0 Å². The van der Waals surface area contributed by atoms with Crippen molar-refractivity contribution >= 4 is 16.7 Å². The zero-order valence-electron chi connectivity index (χ0n) is 18.1. The number of nitrogens with zero attached hydrogens (tertiary/aromatic N) is 4. The van der Waals surface area contributed by atoms with E-state index in [-0.39, 0.29) is 12.1 Å². The summed E-state index contributed by atoms with van der Waals surface area (Å²) < 4.78 is 39.9. The molecular formula is C23H28F3N5. The first kappa shape index (κ1) is 23.0. The molecule has 0 atom stereocenters. The Kier molecular flexibility index (Phi) is 7.46. The third-order valence-corrected chi connectivity index (χ3v) is 4.90. The Balaban J connectivity index is 1.77. The number of nitrogens with one attached hydrogen (secondary N) is 1. The molecule has 3 rings (SSSR count). The molecule has 3 aromatic rings. The SMILES string of the molecule is CN(C)CCCNc1nc(CN(C)Cc2ccccc2C(F)(F)F)nc2ccccc12. The van der Waals surface area contributed by atoms with Gasteiger partial charge in [-0.2, -0.15) is 13.2 Å². The molecule has 0 aliphatic carbocycles. The van der Waals surface area contributed by atoms with Crippen molar-refractivity contribution in [3.05, 3.63) is 65.5 Å². The molecule has 0 amide bonds. The standard InChI is InChI=1S/C23H28F3N5/c1-30(2)14-8-13-27-22-18-10-5-7-12-20(18)28-21(29-22)16-31(3)15-17-9-4-6-11-19(17)23(24,25)26/h4-7,9-12H,8,13-16H2,1-3H3,(H,27,28,29). The van der Waals surface area contributed by atoms with Gasteiger partial charge in [0.1, 0.15) is 11.6 Å². The van der Waals surface area contributed by atoms with Crippen molar-refractivity contribution in [3.8, 4) is 0 Å². The van der Waals surface area contributed by atoms with Crippen LogP contribution in [0.25, 0.3) is 10.9 Å². The molecule has 2 aromatic carbocycles. The third-order valence-electron chi connectivity index (χ3n) is 4.90. The van der Waals surface area contributed by atoms with Gasteiger partial charge in [0.05, 0.1) is 17.6 Å². The number of fused-ring (bicyclic) bond motifs is 1. The van der Waals surface area contributed by atoms with Gasteiger partial charge in [-0.15, -0.1) is 0 Å². The van der Waals surface area contributed by atoms with E-state index in [9.17, 15) is 13.2 Å². The molecule has 0 bridgehead atoms. The first-order chi connectivity index (χ1) is 14.7. The minimum Gasteiger partial charge on any atom is -0.369 e. The molecule has 5 nitrogen and oxygen atoms in total. The quantitative estimate of drug-likeness (QED) is 0.500. The summed E-state index contributed by atoms with van der Waals surface area (Å²) in [5.41, 5.74) is 0.441. The summed E-state index contributed by atoms with van der Waals surface area (Å²) in [6.07, 6.45) is -3.41. The molecule has 0 spiro atoms. The first-order valence-electron chi connectivity index (χ1n) is 10.2. The van der Waals surface area contributed by atoms with Gasteiger partial charge in [-0.25, -0.2) is 9.97 Å². The second-order valence-corrected chi connectivity index (χ2v) is 7.92. The Morgan fingerprint density at radius 3 is 2.35 bits per heavy atom. The highest BCUT2D eigenvalue weighted by Crippen LogP contribution is 2.32. The van der Waals surface area contributed by atoms with Crippen LogP contribution in [-0.2, 0) is 19.3 Å². The van der Waals surface area contributed by atoms with E-state index in [0.29, 0.717) is 12.4 Å². The Bertz CT molecular complexity index is 1000. The molecule has 0 fully saturated rings. The van der Waals surface area contributed by atoms with Crippen LogP contribution in [0.1, 0.15) is 23.4 Å². The lowest BCUT2D eigenvalue weighted by Crippen LogP contribution is -2.22. The molecule has 0 saturated heterocycles. The summed E-state index contributed by atoms with van der Waals surface area (Å²) in [5.74, 6) is 1.32. The topological polar surface area (TPSA) is 44.3 Å². The van der Waals surface area contributed by atoms with E-state index in [1.54, 1.807) is 18.0 Å². The summed E-state index contributed by atoms with van der Waals surface area (Å²) in [4.78, 5) is 13.2. The highest BCUT2D eigenvalue weighted by Gasteiger charge is 2.33. The second kappa shape index (κ2) is 10.1. The van der Waals surface area contributed by atoms with Crippen LogP contribution in [0.3, 0.4) is 0 Å². The van der Waals surface area contributed by atoms with Crippen molar-refractivity contribution in [2.45, 2.75) is 25.7 Å². The van der Waals surface area contributed by atoms with Crippen LogP contribution >= 0.6 is 0 Å². The van der Waals surface area contributed by atoms with Crippen molar-refractivity contribution < 1.29 is 13.2 Å². The van der Waals surface area contributed by atoms with Gasteiger partial charge in [-0.05, 0) is 57.9 Å². The van der Waals surface area contributed by atoms with Crippen LogP contribution in [0.2, 0.25) is 0 Å². The van der Waals surface area contributed by atoms with E-state index in [1.165, 1.54) is 12.1 Å². The highest BCUT2D eigenvalue weighted by molar-refractivity contribution is 5.88. The van der Waals surface area contributed by atoms with Crippen molar-refractivity contribution in [2.24, 2.45) is 0 Å². The van der Waals surface area contributed by atoms with E-state index in [4.69, 9.17) is 0 Å². The lowest BCUT2D eigenvalue weighted by atomic mass is 10.1. The molecule has 31 heavy (non-hydrogen) atoms. The predicted molar refractivity (Wildman–Crippen MR) is 118 cm³/mol. The number of hydrogen-bond acceptors (Lipinski definition) is 5. The zero-order chi connectivity index (χ0) is 22.4. The van der Waals surface area contributed by atoms with Crippen molar-refractivity contribution in [1.82, 2.24) is 19.8 Å². The summed E-state index contributed by atoms with van der Waals surface area (Å²) in [6.45, 7) is 2.22. The Morgan fingerprint density at radius 2 is 1.61 bits per heavy atom. The van der Waals surface area contributed by atoms with Crippen LogP contribution in [0, 0.1) is 0 Å². The van der Waals surface area contributed by atoms with E-state index >= 15 is 0 Å². The van der Waals surface area contributed by atoms with Crippen LogP contribution in [-0.4, -0.2) is 54.0 Å². The van der Waals surface area contributed by atoms with Gasteiger partial charge in [0.2, 0.25) is 0 Å². The molecule has 1 N–H and O–H groups in total. The molecule has 0 aliphatic rings. The lowest BCUT2D eigenvalue weighted by molar-refractivity contribution is -0.138. The second-order valence-electron chi connectivity index (χ2n) is 7.92. The number of para-hydroxylation sites is 1. The van der Waals surface area contributed by atoms with Crippen molar-refractivity contribution in [2.75, 3.05) is 39.5 Å². The number of anilines is 1. The number of hydrogen-bond donors (Lipinski definition) is 1. The predicted octanol–water partition coefficient (Wildman–Crippen LogP) is 4.64. The number of benzene rings is 2. The van der Waals surface area contributed by atoms with Crippen molar-refractivity contribution in [3.63, 3.8) is 0 Å². The smallest absolute Gasteiger partial charge is 0.369 e. The molecule has 166 valence electrons. The van der Waals surface area contributed by atoms with Gasteiger partial charge in [-0.1, -0.05) is 30.3 Å². The monoisotopic (exact) mass is 431 g/mol. The van der Waals surface area contributed by atoms with E-state index in [1.807, 2.05) is 38.4 Å². The van der Waals surface area contributed by atoms with Crippen LogP contribution in [0.5, 0.6) is 0 Å².